The zero-order chi connectivity index (χ0) is 30.9. The third-order valence-electron chi connectivity index (χ3n) is 6.17. The molecule has 9 heteroatoms. The van der Waals surface area contributed by atoms with E-state index in [2.05, 4.69) is 4.98 Å². The molecule has 2 aromatic carbocycles. The second-order valence-corrected chi connectivity index (χ2v) is 8.71. The number of aromatic nitrogens is 1. The number of esters is 2. The van der Waals surface area contributed by atoms with Gasteiger partial charge in [-0.2, -0.15) is 0 Å². The van der Waals surface area contributed by atoms with Gasteiger partial charge in [0.2, 0.25) is 0 Å². The van der Waals surface area contributed by atoms with Gasteiger partial charge in [-0.25, -0.2) is 9.59 Å². The van der Waals surface area contributed by atoms with Crippen molar-refractivity contribution in [1.82, 2.24) is 9.88 Å². The molecular weight excluding hydrogens is 474 g/mol. The minimum Gasteiger partial charge on any atom is -0.465 e. The van der Waals surface area contributed by atoms with Crippen LogP contribution in [0.15, 0.2) is 54.5 Å². The topological polar surface area (TPSA) is 112 Å². The van der Waals surface area contributed by atoms with Crippen molar-refractivity contribution in [3.05, 3.63) is 92.7 Å². The number of hydrogen-bond donors (Lipinski definition) is 0. The monoisotopic (exact) mass is 508 g/mol. The van der Waals surface area contributed by atoms with Crippen LogP contribution in [0.25, 0.3) is 11.1 Å². The smallest absolute Gasteiger partial charge is 0.340 e. The van der Waals surface area contributed by atoms with Crippen molar-refractivity contribution >= 4 is 17.6 Å². The molecule has 37 heavy (non-hydrogen) atoms. The molecule has 2 heterocycles. The Morgan fingerprint density at radius 1 is 1.16 bits per heavy atom. The summed E-state index contributed by atoms with van der Waals surface area (Å²) in [5.41, 5.74) is 0.793. The maximum atomic E-state index is 13.7. The Morgan fingerprint density at radius 2 is 1.86 bits per heavy atom. The van der Waals surface area contributed by atoms with E-state index in [4.69, 9.17) is 16.3 Å². The first kappa shape index (κ1) is 20.0. The van der Waals surface area contributed by atoms with E-state index in [1.807, 2.05) is 4.90 Å². The lowest BCUT2D eigenvalue weighted by Crippen LogP contribution is -2.40. The highest BCUT2D eigenvalue weighted by Gasteiger charge is 2.31. The summed E-state index contributed by atoms with van der Waals surface area (Å²) in [7, 11) is 1.18. The highest BCUT2D eigenvalue weighted by molar-refractivity contribution is 6.07. The first-order valence-corrected chi connectivity index (χ1v) is 11.7. The number of hydrogen-bond acceptors (Lipinski definition) is 8. The minimum atomic E-state index is -0.777. The highest BCUT2D eigenvalue weighted by Crippen LogP contribution is 2.34. The quantitative estimate of drug-likeness (QED) is 0.252. The number of piperidine rings is 1. The Labute approximate surface area is 222 Å². The number of rotatable bonds is 7. The summed E-state index contributed by atoms with van der Waals surface area (Å²) < 4.78 is 51.0. The third kappa shape index (κ3) is 5.83. The van der Waals surface area contributed by atoms with Crippen LogP contribution < -0.4 is 0 Å². The summed E-state index contributed by atoms with van der Waals surface area (Å²) in [4.78, 5) is 43.7. The molecule has 0 bridgehead atoms. The molecule has 0 saturated carbocycles. The van der Waals surface area contributed by atoms with Crippen LogP contribution in [-0.2, 0) is 16.0 Å². The van der Waals surface area contributed by atoms with E-state index in [-0.39, 0.29) is 70.1 Å². The van der Waals surface area contributed by atoms with Crippen LogP contribution in [0.1, 0.15) is 57.4 Å². The number of ether oxygens (including phenoxy) is 2. The Bertz CT molecular complexity index is 1570. The number of nitro groups is 1. The van der Waals surface area contributed by atoms with Gasteiger partial charge in [-0.05, 0) is 44.4 Å². The van der Waals surface area contributed by atoms with E-state index >= 15 is 0 Å². The van der Waals surface area contributed by atoms with Crippen molar-refractivity contribution in [1.29, 1.82) is 0 Å². The van der Waals surface area contributed by atoms with Crippen molar-refractivity contribution in [2.75, 3.05) is 20.2 Å². The summed E-state index contributed by atoms with van der Waals surface area (Å²) in [6, 6.07) is 3.71. The van der Waals surface area contributed by atoms with Gasteiger partial charge in [-0.3, -0.25) is 20.0 Å². The van der Waals surface area contributed by atoms with Crippen LogP contribution in [0, 0.1) is 24.0 Å². The molecular formula is C28H29N3O6. The number of non-ortho nitro benzene ring substituents is 1. The summed E-state index contributed by atoms with van der Waals surface area (Å²) in [6.45, 7) is 4.03. The van der Waals surface area contributed by atoms with Crippen LogP contribution in [0.4, 0.5) is 5.69 Å². The lowest BCUT2D eigenvalue weighted by atomic mass is 9.92. The summed E-state index contributed by atoms with van der Waals surface area (Å²) in [6.07, 6.45) is 0.514. The Morgan fingerprint density at radius 3 is 2.54 bits per heavy atom. The van der Waals surface area contributed by atoms with Gasteiger partial charge in [0.1, 0.15) is 6.10 Å². The predicted molar refractivity (Wildman–Crippen MR) is 137 cm³/mol. The molecule has 0 radical (unpaired) electrons. The molecule has 1 fully saturated rings. The molecule has 4 rings (SSSR count). The van der Waals surface area contributed by atoms with E-state index in [1.165, 1.54) is 25.3 Å². The first-order chi connectivity index (χ1) is 19.8. The molecule has 3 aromatic rings. The van der Waals surface area contributed by atoms with Crippen LogP contribution in [0.3, 0.4) is 0 Å². The van der Waals surface area contributed by atoms with Crippen molar-refractivity contribution < 1.29 is 30.8 Å². The Kier molecular flexibility index (Phi) is 6.11. The van der Waals surface area contributed by atoms with Gasteiger partial charge in [0.05, 0.1) is 41.4 Å². The molecule has 0 amide bonds. The molecule has 1 saturated heterocycles. The molecule has 1 aliphatic rings. The van der Waals surface area contributed by atoms with Crippen LogP contribution in [-0.4, -0.2) is 53.0 Å². The maximum absolute atomic E-state index is 13.7. The molecule has 1 aliphatic heterocycles. The fourth-order valence-electron chi connectivity index (χ4n) is 4.56. The van der Waals surface area contributed by atoms with Crippen molar-refractivity contribution in [2.45, 2.75) is 39.3 Å². The van der Waals surface area contributed by atoms with Crippen LogP contribution >= 0.6 is 0 Å². The van der Waals surface area contributed by atoms with Gasteiger partial charge >= 0.3 is 11.9 Å². The summed E-state index contributed by atoms with van der Waals surface area (Å²) in [5, 5.41) is 11.5. The summed E-state index contributed by atoms with van der Waals surface area (Å²) in [5.74, 6) is -1.54. The number of benzene rings is 2. The highest BCUT2D eigenvalue weighted by atomic mass is 16.6. The third-order valence-corrected chi connectivity index (χ3v) is 6.17. The molecule has 1 atom stereocenters. The number of likely N-dealkylation sites (tertiary alicyclic amines) is 1. The minimum absolute atomic E-state index is 0.0120. The fraction of sp³-hybridized carbons (Fsp3) is 0.321. The Balaban J connectivity index is 1.68. The van der Waals surface area contributed by atoms with Gasteiger partial charge < -0.3 is 9.47 Å². The number of nitrogens with zero attached hydrogens (tertiary/aromatic N) is 3. The lowest BCUT2D eigenvalue weighted by molar-refractivity contribution is -0.384. The van der Waals surface area contributed by atoms with Crippen molar-refractivity contribution in [3.63, 3.8) is 0 Å². The zero-order valence-corrected chi connectivity index (χ0v) is 20.7. The molecule has 192 valence electrons. The van der Waals surface area contributed by atoms with E-state index in [9.17, 15) is 19.7 Å². The predicted octanol–water partition coefficient (Wildman–Crippen LogP) is 4.88. The number of methoxy groups -OCH3 is 1. The van der Waals surface area contributed by atoms with E-state index in [0.29, 0.717) is 19.4 Å². The standard InChI is InChI=1S/C28H29N3O6/c1-18-24(27(32)36-3)26(21-11-7-12-22(15-21)31(34)35)25(19(2)29-18)28(33)37-23-13-8-14-30(17-23)16-20-9-5-4-6-10-20/h4-7,9-12,15,23H,8,13-14,16-17H2,1-3H3/i4D,5D,6D,9D,10D. The number of nitro benzene ring substituents is 1. The van der Waals surface area contributed by atoms with Crippen molar-refractivity contribution in [2.24, 2.45) is 0 Å². The molecule has 0 aliphatic carbocycles. The summed E-state index contributed by atoms with van der Waals surface area (Å²) >= 11 is 0. The average Bonchev–Trinajstić information content (AvgIpc) is 2.96. The fourth-order valence-corrected chi connectivity index (χ4v) is 4.56. The normalized spacial score (nSPS) is 17.6. The lowest BCUT2D eigenvalue weighted by Gasteiger charge is -2.32. The maximum Gasteiger partial charge on any atom is 0.340 e. The average molecular weight is 509 g/mol. The number of carbonyl (C=O) groups excluding carboxylic acids is 2. The van der Waals surface area contributed by atoms with Crippen LogP contribution in [0.2, 0.25) is 0 Å². The first-order valence-electron chi connectivity index (χ1n) is 14.2. The molecule has 0 spiro atoms. The number of pyridine rings is 1. The number of carbonyl (C=O) groups is 2. The second-order valence-electron chi connectivity index (χ2n) is 8.71. The number of aryl methyl sites for hydroxylation is 2. The molecule has 1 aromatic heterocycles. The van der Waals surface area contributed by atoms with E-state index in [1.54, 1.807) is 19.9 Å². The molecule has 1 unspecified atom stereocenters. The van der Waals surface area contributed by atoms with Crippen molar-refractivity contribution in [3.8, 4) is 11.1 Å². The van der Waals surface area contributed by atoms with Gasteiger partial charge in [0.25, 0.3) is 5.69 Å². The van der Waals surface area contributed by atoms with Gasteiger partial charge in [-0.1, -0.05) is 42.3 Å². The largest absolute Gasteiger partial charge is 0.465 e. The van der Waals surface area contributed by atoms with E-state index < -0.39 is 41.1 Å². The SMILES string of the molecule is [2H]c1c([2H])c([2H])c(CN2CCCC(OC(=O)c3c(C)nc(C)c(C(=O)OC)c3-c3cccc([N+](=O)[O-])c3)C2)c([2H])c1[2H]. The van der Waals surface area contributed by atoms with E-state index in [0.717, 1.165) is 0 Å². The second kappa shape index (κ2) is 11.3. The molecule has 0 N–H and O–H groups in total. The zero-order valence-electron chi connectivity index (χ0n) is 25.7. The van der Waals surface area contributed by atoms with Crippen LogP contribution in [0.5, 0.6) is 0 Å². The Hall–Kier alpha value is -4.11. The van der Waals surface area contributed by atoms with Gasteiger partial charge in [0, 0.05) is 30.8 Å². The van der Waals surface area contributed by atoms with Gasteiger partial charge in [0.15, 0.2) is 0 Å². The van der Waals surface area contributed by atoms with Gasteiger partial charge in [-0.15, -0.1) is 0 Å². The molecule has 9 nitrogen and oxygen atoms in total.